The summed E-state index contributed by atoms with van der Waals surface area (Å²) in [5.41, 5.74) is 1.90. The topological polar surface area (TPSA) is 57.6 Å². The summed E-state index contributed by atoms with van der Waals surface area (Å²) in [5.74, 6) is -1.77. The predicted octanol–water partition coefficient (Wildman–Crippen LogP) is 2.07. The van der Waals surface area contributed by atoms with Crippen LogP contribution in [0.15, 0.2) is 24.3 Å². The van der Waals surface area contributed by atoms with Crippen LogP contribution in [0.1, 0.15) is 18.9 Å². The highest BCUT2D eigenvalue weighted by Crippen LogP contribution is 2.41. The number of benzene rings is 1. The third kappa shape index (κ3) is 2.23. The Bertz CT molecular complexity index is 484. The largest absolute Gasteiger partial charge is 0.481 e. The zero-order valence-electron chi connectivity index (χ0n) is 10.6. The standard InChI is InChI=1S/C14H17NO3/c1-3-15(12-7-5-4-6-9(12)2)13(16)10-8-11(10)14(17)18/h4-7,10-11H,3,8H2,1-2H3,(H,17,18)/t10-,11+/m1/s1. The molecule has 4 nitrogen and oxygen atoms in total. The van der Waals surface area contributed by atoms with Crippen molar-refractivity contribution in [2.75, 3.05) is 11.4 Å². The van der Waals surface area contributed by atoms with Crippen LogP contribution in [0.5, 0.6) is 0 Å². The first kappa shape index (κ1) is 12.6. The molecular weight excluding hydrogens is 230 g/mol. The Labute approximate surface area is 106 Å². The summed E-state index contributed by atoms with van der Waals surface area (Å²) >= 11 is 0. The van der Waals surface area contributed by atoms with Gasteiger partial charge in [0.1, 0.15) is 0 Å². The molecule has 1 aliphatic carbocycles. The van der Waals surface area contributed by atoms with Crippen LogP contribution in [0.3, 0.4) is 0 Å². The molecule has 2 atom stereocenters. The van der Waals surface area contributed by atoms with E-state index in [2.05, 4.69) is 0 Å². The molecule has 0 heterocycles. The molecule has 1 aliphatic rings. The van der Waals surface area contributed by atoms with Crippen LogP contribution in [0.4, 0.5) is 5.69 Å². The number of carbonyl (C=O) groups is 2. The summed E-state index contributed by atoms with van der Waals surface area (Å²) in [7, 11) is 0. The number of carbonyl (C=O) groups excluding carboxylic acids is 1. The molecule has 0 aliphatic heterocycles. The Kier molecular flexibility index (Phi) is 3.36. The number of para-hydroxylation sites is 1. The number of hydrogen-bond acceptors (Lipinski definition) is 2. The molecule has 0 bridgehead atoms. The highest BCUT2D eigenvalue weighted by atomic mass is 16.4. The second-order valence-corrected chi connectivity index (χ2v) is 4.66. The molecule has 0 saturated heterocycles. The van der Waals surface area contributed by atoms with Gasteiger partial charge in [0.15, 0.2) is 0 Å². The summed E-state index contributed by atoms with van der Waals surface area (Å²) in [5, 5.41) is 8.88. The predicted molar refractivity (Wildman–Crippen MR) is 68.4 cm³/mol. The normalized spacial score (nSPS) is 21.4. The molecule has 1 saturated carbocycles. The van der Waals surface area contributed by atoms with Crippen molar-refractivity contribution in [1.29, 1.82) is 0 Å². The summed E-state index contributed by atoms with van der Waals surface area (Å²) in [4.78, 5) is 24.8. The van der Waals surface area contributed by atoms with E-state index in [1.807, 2.05) is 38.1 Å². The number of hydrogen-bond donors (Lipinski definition) is 1. The zero-order valence-corrected chi connectivity index (χ0v) is 10.6. The van der Waals surface area contributed by atoms with Gasteiger partial charge < -0.3 is 10.0 Å². The van der Waals surface area contributed by atoms with E-state index in [0.29, 0.717) is 13.0 Å². The van der Waals surface area contributed by atoms with E-state index < -0.39 is 11.9 Å². The van der Waals surface area contributed by atoms with Gasteiger partial charge in [-0.3, -0.25) is 9.59 Å². The molecule has 1 amide bonds. The fourth-order valence-electron chi connectivity index (χ4n) is 2.25. The number of carboxylic acids is 1. The van der Waals surface area contributed by atoms with Crippen molar-refractivity contribution in [2.24, 2.45) is 11.8 Å². The molecule has 96 valence electrons. The minimum Gasteiger partial charge on any atom is -0.481 e. The molecule has 2 rings (SSSR count). The first-order valence-electron chi connectivity index (χ1n) is 6.16. The minimum absolute atomic E-state index is 0.0702. The van der Waals surface area contributed by atoms with Crippen molar-refractivity contribution in [3.8, 4) is 0 Å². The zero-order chi connectivity index (χ0) is 13.3. The van der Waals surface area contributed by atoms with E-state index in [1.165, 1.54) is 0 Å². The summed E-state index contributed by atoms with van der Waals surface area (Å²) in [6, 6.07) is 7.66. The van der Waals surface area contributed by atoms with Crippen molar-refractivity contribution in [2.45, 2.75) is 20.3 Å². The van der Waals surface area contributed by atoms with Crippen molar-refractivity contribution in [1.82, 2.24) is 0 Å². The fraction of sp³-hybridized carbons (Fsp3) is 0.429. The van der Waals surface area contributed by atoms with Gasteiger partial charge in [0, 0.05) is 12.2 Å². The number of aliphatic carboxylic acids is 1. The highest BCUT2D eigenvalue weighted by molar-refractivity contribution is 6.00. The van der Waals surface area contributed by atoms with Gasteiger partial charge in [-0.05, 0) is 31.9 Å². The number of aryl methyl sites for hydroxylation is 1. The Balaban J connectivity index is 2.18. The first-order chi connectivity index (χ1) is 8.56. The lowest BCUT2D eigenvalue weighted by atomic mass is 10.1. The third-order valence-corrected chi connectivity index (χ3v) is 3.41. The maximum atomic E-state index is 12.3. The lowest BCUT2D eigenvalue weighted by Crippen LogP contribution is -2.33. The molecule has 0 spiro atoms. The second kappa shape index (κ2) is 4.80. The molecule has 1 fully saturated rings. The Morgan fingerprint density at radius 1 is 1.33 bits per heavy atom. The van der Waals surface area contributed by atoms with Crippen LogP contribution in [-0.4, -0.2) is 23.5 Å². The second-order valence-electron chi connectivity index (χ2n) is 4.66. The molecule has 0 aromatic heterocycles. The van der Waals surface area contributed by atoms with Crippen molar-refractivity contribution in [3.63, 3.8) is 0 Å². The van der Waals surface area contributed by atoms with E-state index in [0.717, 1.165) is 11.3 Å². The van der Waals surface area contributed by atoms with Crippen LogP contribution in [0.2, 0.25) is 0 Å². The van der Waals surface area contributed by atoms with Crippen LogP contribution < -0.4 is 4.90 Å². The maximum Gasteiger partial charge on any atom is 0.307 e. The van der Waals surface area contributed by atoms with Crippen molar-refractivity contribution < 1.29 is 14.7 Å². The molecule has 1 aromatic rings. The maximum absolute atomic E-state index is 12.3. The summed E-state index contributed by atoms with van der Waals surface area (Å²) < 4.78 is 0. The quantitative estimate of drug-likeness (QED) is 0.886. The number of amides is 1. The molecule has 18 heavy (non-hydrogen) atoms. The number of anilines is 1. The SMILES string of the molecule is CCN(C(=O)[C@@H]1C[C@@H]1C(=O)O)c1ccccc1C. The van der Waals surface area contributed by atoms with Gasteiger partial charge in [0.05, 0.1) is 11.8 Å². The Morgan fingerprint density at radius 3 is 2.50 bits per heavy atom. The Hall–Kier alpha value is -1.84. The van der Waals surface area contributed by atoms with Crippen LogP contribution in [0.25, 0.3) is 0 Å². The number of nitrogens with zero attached hydrogens (tertiary/aromatic N) is 1. The van der Waals surface area contributed by atoms with Gasteiger partial charge >= 0.3 is 5.97 Å². The molecule has 4 heteroatoms. The van der Waals surface area contributed by atoms with Gasteiger partial charge in [0.25, 0.3) is 0 Å². The van der Waals surface area contributed by atoms with Crippen molar-refractivity contribution in [3.05, 3.63) is 29.8 Å². The van der Waals surface area contributed by atoms with Gasteiger partial charge in [-0.1, -0.05) is 18.2 Å². The lowest BCUT2D eigenvalue weighted by molar-refractivity contribution is -0.140. The van der Waals surface area contributed by atoms with Crippen LogP contribution >= 0.6 is 0 Å². The van der Waals surface area contributed by atoms with E-state index >= 15 is 0 Å². The summed E-state index contributed by atoms with van der Waals surface area (Å²) in [6.07, 6.45) is 0.469. The van der Waals surface area contributed by atoms with Gasteiger partial charge in [-0.2, -0.15) is 0 Å². The number of rotatable bonds is 4. The van der Waals surface area contributed by atoms with Gasteiger partial charge in [-0.25, -0.2) is 0 Å². The Morgan fingerprint density at radius 2 is 2.00 bits per heavy atom. The minimum atomic E-state index is -0.866. The first-order valence-corrected chi connectivity index (χ1v) is 6.16. The fourth-order valence-corrected chi connectivity index (χ4v) is 2.25. The molecule has 1 aromatic carbocycles. The van der Waals surface area contributed by atoms with Crippen LogP contribution in [-0.2, 0) is 9.59 Å². The molecule has 1 N–H and O–H groups in total. The molecular formula is C14H17NO3. The smallest absolute Gasteiger partial charge is 0.307 e. The molecule has 0 unspecified atom stereocenters. The summed E-state index contributed by atoms with van der Waals surface area (Å²) in [6.45, 7) is 4.42. The van der Waals surface area contributed by atoms with Gasteiger partial charge in [-0.15, -0.1) is 0 Å². The van der Waals surface area contributed by atoms with E-state index in [4.69, 9.17) is 5.11 Å². The lowest BCUT2D eigenvalue weighted by Gasteiger charge is -2.23. The average Bonchev–Trinajstić information content (AvgIpc) is 3.12. The van der Waals surface area contributed by atoms with Crippen molar-refractivity contribution >= 4 is 17.6 Å². The highest BCUT2D eigenvalue weighted by Gasteiger charge is 2.49. The van der Waals surface area contributed by atoms with E-state index in [1.54, 1.807) is 4.90 Å². The monoisotopic (exact) mass is 247 g/mol. The van der Waals surface area contributed by atoms with Crippen LogP contribution in [0, 0.1) is 18.8 Å². The molecule has 0 radical (unpaired) electrons. The average molecular weight is 247 g/mol. The van der Waals surface area contributed by atoms with E-state index in [-0.39, 0.29) is 11.8 Å². The van der Waals surface area contributed by atoms with E-state index in [9.17, 15) is 9.59 Å². The number of carboxylic acid groups (broad SMARTS) is 1. The third-order valence-electron chi connectivity index (χ3n) is 3.41. The van der Waals surface area contributed by atoms with Gasteiger partial charge in [0.2, 0.25) is 5.91 Å².